The molecule has 1 N–H and O–H groups in total. The van der Waals surface area contributed by atoms with Crippen molar-refractivity contribution in [2.75, 3.05) is 17.1 Å². The van der Waals surface area contributed by atoms with Crippen LogP contribution >= 0.6 is 15.9 Å². The van der Waals surface area contributed by atoms with Gasteiger partial charge in [0, 0.05) is 23.0 Å². The van der Waals surface area contributed by atoms with E-state index in [1.165, 1.54) is 4.90 Å². The van der Waals surface area contributed by atoms with Crippen LogP contribution in [0.15, 0.2) is 77.3 Å². The third-order valence-electron chi connectivity index (χ3n) is 6.48. The zero-order chi connectivity index (χ0) is 29.7. The van der Waals surface area contributed by atoms with Crippen LogP contribution in [0.4, 0.5) is 5.69 Å². The Bertz CT molecular complexity index is 1450. The number of nitrogens with one attached hydrogen (secondary N) is 1. The average molecular weight is 629 g/mol. The first-order valence-corrected chi connectivity index (χ1v) is 15.7. The molecule has 0 aromatic heterocycles. The Labute approximate surface area is 246 Å². The van der Waals surface area contributed by atoms with E-state index in [1.807, 2.05) is 89.2 Å². The van der Waals surface area contributed by atoms with E-state index in [-0.39, 0.29) is 18.9 Å². The fourth-order valence-corrected chi connectivity index (χ4v) is 5.46. The summed E-state index contributed by atoms with van der Waals surface area (Å²) < 4.78 is 27.8. The minimum atomic E-state index is -3.82. The third kappa shape index (κ3) is 8.66. The number of sulfonamides is 1. The SMILES string of the molecule is Cc1cc(N(CC(=O)N(Cc2ccccc2C)[C@@H](Cc2ccccc2)C(=O)NC(C)(C)C)S(C)(=O)=O)ccc1Br. The van der Waals surface area contributed by atoms with Gasteiger partial charge in [0.15, 0.2) is 0 Å². The monoisotopic (exact) mass is 627 g/mol. The molecule has 0 unspecified atom stereocenters. The fraction of sp³-hybridized carbons (Fsp3) is 0.355. The molecule has 0 heterocycles. The maximum atomic E-state index is 14.2. The zero-order valence-electron chi connectivity index (χ0n) is 23.9. The number of carbonyl (C=O) groups excluding carboxylic acids is 2. The van der Waals surface area contributed by atoms with Gasteiger partial charge in [-0.25, -0.2) is 8.42 Å². The number of anilines is 1. The lowest BCUT2D eigenvalue weighted by atomic mass is 10.00. The molecule has 0 bridgehead atoms. The van der Waals surface area contributed by atoms with Crippen LogP contribution in [0.2, 0.25) is 0 Å². The molecule has 0 saturated heterocycles. The van der Waals surface area contributed by atoms with Crippen molar-refractivity contribution in [1.29, 1.82) is 0 Å². The van der Waals surface area contributed by atoms with Crippen molar-refractivity contribution in [3.63, 3.8) is 0 Å². The molecular formula is C31H38BrN3O4S. The van der Waals surface area contributed by atoms with Crippen LogP contribution in [0.1, 0.15) is 43.0 Å². The van der Waals surface area contributed by atoms with E-state index in [2.05, 4.69) is 21.2 Å². The van der Waals surface area contributed by atoms with Gasteiger partial charge in [0.05, 0.1) is 11.9 Å². The number of hydrogen-bond acceptors (Lipinski definition) is 4. The summed E-state index contributed by atoms with van der Waals surface area (Å²) in [6, 6.07) is 21.5. The quantitative estimate of drug-likeness (QED) is 0.327. The van der Waals surface area contributed by atoms with Gasteiger partial charge in [-0.05, 0) is 75.1 Å². The van der Waals surface area contributed by atoms with Crippen LogP contribution in [0.5, 0.6) is 0 Å². The maximum absolute atomic E-state index is 14.2. The highest BCUT2D eigenvalue weighted by Gasteiger charge is 2.34. The summed E-state index contributed by atoms with van der Waals surface area (Å²) in [6.45, 7) is 9.18. The van der Waals surface area contributed by atoms with E-state index in [9.17, 15) is 18.0 Å². The topological polar surface area (TPSA) is 86.8 Å². The van der Waals surface area contributed by atoms with Crippen LogP contribution < -0.4 is 9.62 Å². The highest BCUT2D eigenvalue weighted by atomic mass is 79.9. The summed E-state index contributed by atoms with van der Waals surface area (Å²) in [5, 5.41) is 3.03. The van der Waals surface area contributed by atoms with Crippen molar-refractivity contribution in [1.82, 2.24) is 10.2 Å². The molecule has 0 aliphatic carbocycles. The molecule has 0 radical (unpaired) electrons. The van der Waals surface area contributed by atoms with Gasteiger partial charge in [-0.3, -0.25) is 13.9 Å². The summed E-state index contributed by atoms with van der Waals surface area (Å²) >= 11 is 3.45. The first-order valence-electron chi connectivity index (χ1n) is 13.1. The van der Waals surface area contributed by atoms with Crippen molar-refractivity contribution >= 4 is 43.5 Å². The minimum Gasteiger partial charge on any atom is -0.350 e. The van der Waals surface area contributed by atoms with Crippen molar-refractivity contribution < 1.29 is 18.0 Å². The third-order valence-corrected chi connectivity index (χ3v) is 8.51. The number of halogens is 1. The predicted octanol–water partition coefficient (Wildman–Crippen LogP) is 5.39. The molecule has 3 rings (SSSR count). The molecule has 0 fully saturated rings. The second-order valence-electron chi connectivity index (χ2n) is 11.1. The summed E-state index contributed by atoms with van der Waals surface area (Å²) in [6.07, 6.45) is 1.35. The Morgan fingerprint density at radius 3 is 2.12 bits per heavy atom. The number of benzene rings is 3. The van der Waals surface area contributed by atoms with Crippen LogP contribution in [0.3, 0.4) is 0 Å². The van der Waals surface area contributed by atoms with Crippen LogP contribution in [0, 0.1) is 13.8 Å². The standard InChI is InChI=1S/C31H38BrN3O4S/c1-22-12-10-11-15-25(22)20-34(28(30(37)33-31(3,4)5)19-24-13-8-7-9-14-24)29(36)21-35(40(6,38)39)26-16-17-27(32)23(2)18-26/h7-18,28H,19-21H2,1-6H3,(H,33,37)/t28-/m0/s1. The minimum absolute atomic E-state index is 0.150. The van der Waals surface area contributed by atoms with Gasteiger partial charge in [0.1, 0.15) is 12.6 Å². The van der Waals surface area contributed by atoms with Crippen molar-refractivity contribution in [2.24, 2.45) is 0 Å². The van der Waals surface area contributed by atoms with Gasteiger partial charge >= 0.3 is 0 Å². The van der Waals surface area contributed by atoms with Crippen LogP contribution in [-0.4, -0.2) is 49.5 Å². The lowest BCUT2D eigenvalue weighted by Gasteiger charge is -2.35. The molecule has 3 aromatic carbocycles. The van der Waals surface area contributed by atoms with Gasteiger partial charge in [-0.1, -0.05) is 70.5 Å². The van der Waals surface area contributed by atoms with E-state index in [0.717, 1.165) is 37.3 Å². The Balaban J connectivity index is 2.10. The number of hydrogen-bond donors (Lipinski definition) is 1. The second kappa shape index (κ2) is 13.0. The zero-order valence-corrected chi connectivity index (χ0v) is 26.3. The lowest BCUT2D eigenvalue weighted by molar-refractivity contribution is -0.140. The van der Waals surface area contributed by atoms with Crippen LogP contribution in [0.25, 0.3) is 0 Å². The van der Waals surface area contributed by atoms with E-state index in [4.69, 9.17) is 0 Å². The smallest absolute Gasteiger partial charge is 0.244 e. The molecule has 214 valence electrons. The highest BCUT2D eigenvalue weighted by molar-refractivity contribution is 9.10. The summed E-state index contributed by atoms with van der Waals surface area (Å²) in [4.78, 5) is 29.5. The van der Waals surface area contributed by atoms with Crippen molar-refractivity contribution in [2.45, 2.75) is 59.2 Å². The average Bonchev–Trinajstić information content (AvgIpc) is 2.86. The van der Waals surface area contributed by atoms with Gasteiger partial charge < -0.3 is 10.2 Å². The van der Waals surface area contributed by atoms with Gasteiger partial charge in [0.2, 0.25) is 21.8 Å². The van der Waals surface area contributed by atoms with E-state index in [1.54, 1.807) is 18.2 Å². The summed E-state index contributed by atoms with van der Waals surface area (Å²) in [5.74, 6) is -0.775. The molecule has 0 saturated carbocycles. The number of carbonyl (C=O) groups is 2. The molecule has 3 aromatic rings. The molecule has 0 spiro atoms. The molecule has 7 nitrogen and oxygen atoms in total. The van der Waals surface area contributed by atoms with Crippen LogP contribution in [-0.2, 0) is 32.6 Å². The molecule has 0 aliphatic heterocycles. The van der Waals surface area contributed by atoms with Gasteiger partial charge in [-0.2, -0.15) is 0 Å². The van der Waals surface area contributed by atoms with E-state index >= 15 is 0 Å². The Morgan fingerprint density at radius 1 is 0.925 bits per heavy atom. The maximum Gasteiger partial charge on any atom is 0.244 e. The number of rotatable bonds is 10. The number of nitrogens with zero attached hydrogens (tertiary/aromatic N) is 2. The van der Waals surface area contributed by atoms with Gasteiger partial charge in [-0.15, -0.1) is 0 Å². The lowest BCUT2D eigenvalue weighted by Crippen LogP contribution is -2.56. The second-order valence-corrected chi connectivity index (χ2v) is 13.9. The summed E-state index contributed by atoms with van der Waals surface area (Å²) in [5.41, 5.74) is 3.42. The number of amides is 2. The van der Waals surface area contributed by atoms with Crippen molar-refractivity contribution in [3.8, 4) is 0 Å². The van der Waals surface area contributed by atoms with E-state index in [0.29, 0.717) is 5.69 Å². The highest BCUT2D eigenvalue weighted by Crippen LogP contribution is 2.26. The fourth-order valence-electron chi connectivity index (χ4n) is 4.38. The number of aryl methyl sites for hydroxylation is 2. The molecule has 40 heavy (non-hydrogen) atoms. The normalized spacial score (nSPS) is 12.5. The Hall–Kier alpha value is -3.17. The first-order chi connectivity index (χ1) is 18.7. The molecule has 0 aliphatic rings. The Kier molecular flexibility index (Phi) is 10.2. The Morgan fingerprint density at radius 2 is 1.55 bits per heavy atom. The van der Waals surface area contributed by atoms with Crippen molar-refractivity contribution in [3.05, 3.63) is 99.5 Å². The van der Waals surface area contributed by atoms with E-state index < -0.39 is 34.1 Å². The largest absolute Gasteiger partial charge is 0.350 e. The molecule has 1 atom stereocenters. The molecular weight excluding hydrogens is 590 g/mol. The summed E-state index contributed by atoms with van der Waals surface area (Å²) in [7, 11) is -3.82. The molecule has 2 amide bonds. The van der Waals surface area contributed by atoms with Gasteiger partial charge in [0.25, 0.3) is 0 Å². The predicted molar refractivity (Wildman–Crippen MR) is 165 cm³/mol. The first kappa shape index (κ1) is 31.4. The molecule has 9 heteroatoms.